The Morgan fingerprint density at radius 3 is 3.00 bits per heavy atom. The van der Waals surface area contributed by atoms with Gasteiger partial charge in [0.15, 0.2) is 0 Å². The summed E-state index contributed by atoms with van der Waals surface area (Å²) in [4.78, 5) is 8.57. The molecule has 0 aliphatic heterocycles. The molecule has 4 rings (SSSR count). The summed E-state index contributed by atoms with van der Waals surface area (Å²) in [5.74, 6) is 0. The number of benzene rings is 1. The number of fused-ring (bicyclic) bond motifs is 2. The van der Waals surface area contributed by atoms with E-state index in [-0.39, 0.29) is 0 Å². The summed E-state index contributed by atoms with van der Waals surface area (Å²) >= 11 is 1.63. The summed E-state index contributed by atoms with van der Waals surface area (Å²) in [6.07, 6.45) is 4.61. The number of hydrogen-bond acceptors (Lipinski definition) is 4. The molecular formula is C17H12N2OS. The molecule has 0 aliphatic rings. The van der Waals surface area contributed by atoms with Gasteiger partial charge in [0, 0.05) is 29.5 Å². The maximum atomic E-state index is 10.7. The Morgan fingerprint density at radius 1 is 1.10 bits per heavy atom. The monoisotopic (exact) mass is 292 g/mol. The molecule has 0 saturated heterocycles. The summed E-state index contributed by atoms with van der Waals surface area (Å²) in [5, 5.41) is 14.8. The fourth-order valence-corrected chi connectivity index (χ4v) is 3.36. The zero-order chi connectivity index (χ0) is 14.2. The minimum Gasteiger partial charge on any atom is -0.384 e. The molecule has 1 unspecified atom stereocenters. The molecule has 102 valence electrons. The number of aliphatic hydroxyl groups is 1. The summed E-state index contributed by atoms with van der Waals surface area (Å²) in [5.41, 5.74) is 2.63. The van der Waals surface area contributed by atoms with E-state index in [1.54, 1.807) is 29.9 Å². The van der Waals surface area contributed by atoms with Crippen molar-refractivity contribution in [3.05, 3.63) is 71.5 Å². The molecule has 0 fully saturated rings. The highest BCUT2D eigenvalue weighted by molar-refractivity contribution is 7.17. The Bertz CT molecular complexity index is 927. The van der Waals surface area contributed by atoms with Gasteiger partial charge in [-0.05, 0) is 34.5 Å². The first-order chi connectivity index (χ1) is 10.3. The van der Waals surface area contributed by atoms with Gasteiger partial charge in [-0.25, -0.2) is 0 Å². The average Bonchev–Trinajstić information content (AvgIpc) is 3.01. The highest BCUT2D eigenvalue weighted by Crippen LogP contribution is 2.30. The number of rotatable bonds is 2. The molecule has 3 nitrogen and oxygen atoms in total. The second-order valence-electron chi connectivity index (χ2n) is 4.92. The lowest BCUT2D eigenvalue weighted by Crippen LogP contribution is -2.01. The van der Waals surface area contributed by atoms with Gasteiger partial charge in [-0.1, -0.05) is 18.2 Å². The first-order valence-electron chi connectivity index (χ1n) is 6.67. The van der Waals surface area contributed by atoms with Crippen LogP contribution in [0.5, 0.6) is 0 Å². The van der Waals surface area contributed by atoms with Crippen LogP contribution in [0.15, 0.2) is 60.4 Å². The summed E-state index contributed by atoms with van der Waals surface area (Å²) in [6, 6.07) is 11.9. The molecule has 4 heteroatoms. The van der Waals surface area contributed by atoms with Crippen molar-refractivity contribution in [3.63, 3.8) is 0 Å². The van der Waals surface area contributed by atoms with Gasteiger partial charge < -0.3 is 5.11 Å². The number of hydrogen-bond donors (Lipinski definition) is 1. The molecule has 3 aromatic heterocycles. The Hall–Kier alpha value is -2.30. The number of nitrogens with zero attached hydrogens (tertiary/aromatic N) is 2. The van der Waals surface area contributed by atoms with E-state index >= 15 is 0 Å². The topological polar surface area (TPSA) is 46.0 Å². The molecule has 3 heterocycles. The van der Waals surface area contributed by atoms with E-state index in [0.717, 1.165) is 32.1 Å². The smallest absolute Gasteiger partial charge is 0.106 e. The van der Waals surface area contributed by atoms with Crippen LogP contribution in [0.2, 0.25) is 0 Å². The third kappa shape index (κ3) is 2.09. The van der Waals surface area contributed by atoms with Crippen LogP contribution in [-0.2, 0) is 0 Å². The van der Waals surface area contributed by atoms with E-state index in [9.17, 15) is 5.11 Å². The number of aliphatic hydroxyl groups excluding tert-OH is 1. The lowest BCUT2D eigenvalue weighted by molar-refractivity contribution is 0.221. The lowest BCUT2D eigenvalue weighted by atomic mass is 9.98. The van der Waals surface area contributed by atoms with E-state index < -0.39 is 6.10 Å². The second-order valence-corrected chi connectivity index (χ2v) is 5.87. The predicted molar refractivity (Wildman–Crippen MR) is 85.4 cm³/mol. The van der Waals surface area contributed by atoms with Crippen LogP contribution in [0.1, 0.15) is 17.2 Å². The SMILES string of the molecule is OC(c1cnc2ccsc2c1)c1cccc2ccncc12. The summed E-state index contributed by atoms with van der Waals surface area (Å²) in [6.45, 7) is 0. The molecule has 4 aromatic rings. The van der Waals surface area contributed by atoms with Gasteiger partial charge >= 0.3 is 0 Å². The van der Waals surface area contributed by atoms with Crippen molar-refractivity contribution in [2.24, 2.45) is 0 Å². The van der Waals surface area contributed by atoms with Crippen molar-refractivity contribution < 1.29 is 5.11 Å². The molecule has 0 saturated carbocycles. The van der Waals surface area contributed by atoms with Gasteiger partial charge in [-0.3, -0.25) is 9.97 Å². The van der Waals surface area contributed by atoms with Crippen molar-refractivity contribution in [1.82, 2.24) is 9.97 Å². The van der Waals surface area contributed by atoms with Crippen LogP contribution in [0.25, 0.3) is 21.0 Å². The maximum absolute atomic E-state index is 10.7. The minimum atomic E-state index is -0.697. The van der Waals surface area contributed by atoms with Crippen molar-refractivity contribution in [1.29, 1.82) is 0 Å². The molecule has 0 spiro atoms. The molecule has 0 bridgehead atoms. The van der Waals surface area contributed by atoms with Crippen LogP contribution in [0.4, 0.5) is 0 Å². The first-order valence-corrected chi connectivity index (χ1v) is 7.55. The van der Waals surface area contributed by atoms with Crippen LogP contribution in [0, 0.1) is 0 Å². The molecular weight excluding hydrogens is 280 g/mol. The maximum Gasteiger partial charge on any atom is 0.106 e. The second kappa shape index (κ2) is 4.91. The van der Waals surface area contributed by atoms with Crippen LogP contribution < -0.4 is 0 Å². The van der Waals surface area contributed by atoms with Crippen LogP contribution in [0.3, 0.4) is 0 Å². The van der Waals surface area contributed by atoms with Gasteiger partial charge in [0.25, 0.3) is 0 Å². The zero-order valence-corrected chi connectivity index (χ0v) is 11.9. The molecule has 0 aliphatic carbocycles. The largest absolute Gasteiger partial charge is 0.384 e. The Kier molecular flexibility index (Phi) is 2.91. The third-order valence-corrected chi connectivity index (χ3v) is 4.50. The molecule has 0 radical (unpaired) electrons. The van der Waals surface area contributed by atoms with E-state index in [0.29, 0.717) is 0 Å². The first kappa shape index (κ1) is 12.4. The number of thiophene rings is 1. The summed E-state index contributed by atoms with van der Waals surface area (Å²) in [7, 11) is 0. The standard InChI is InChI=1S/C17H12N2OS/c20-17(12-8-16-15(19-9-12)5-7-21-16)13-3-1-2-11-4-6-18-10-14(11)13/h1-10,17,20H. The highest BCUT2D eigenvalue weighted by atomic mass is 32.1. The van der Waals surface area contributed by atoms with E-state index in [1.807, 2.05) is 41.8 Å². The van der Waals surface area contributed by atoms with Crippen molar-refractivity contribution in [2.75, 3.05) is 0 Å². The van der Waals surface area contributed by atoms with Crippen molar-refractivity contribution >= 4 is 32.3 Å². The Morgan fingerprint density at radius 2 is 2.05 bits per heavy atom. The molecule has 21 heavy (non-hydrogen) atoms. The van der Waals surface area contributed by atoms with Gasteiger partial charge in [0.2, 0.25) is 0 Å². The van der Waals surface area contributed by atoms with Crippen LogP contribution in [-0.4, -0.2) is 15.1 Å². The number of pyridine rings is 2. The fraction of sp³-hybridized carbons (Fsp3) is 0.0588. The molecule has 1 aromatic carbocycles. The molecule has 0 amide bonds. The molecule has 1 atom stereocenters. The van der Waals surface area contributed by atoms with Gasteiger partial charge in [-0.15, -0.1) is 11.3 Å². The van der Waals surface area contributed by atoms with Gasteiger partial charge in [0.1, 0.15) is 6.10 Å². The summed E-state index contributed by atoms with van der Waals surface area (Å²) < 4.78 is 1.09. The van der Waals surface area contributed by atoms with Crippen molar-refractivity contribution in [3.8, 4) is 0 Å². The average molecular weight is 292 g/mol. The normalized spacial score (nSPS) is 12.8. The lowest BCUT2D eigenvalue weighted by Gasteiger charge is -2.13. The zero-order valence-electron chi connectivity index (χ0n) is 11.1. The van der Waals surface area contributed by atoms with Gasteiger partial charge in [-0.2, -0.15) is 0 Å². The fourth-order valence-electron chi connectivity index (χ4n) is 2.57. The van der Waals surface area contributed by atoms with Crippen LogP contribution >= 0.6 is 11.3 Å². The minimum absolute atomic E-state index is 0.697. The quantitative estimate of drug-likeness (QED) is 0.609. The Labute approximate surface area is 125 Å². The predicted octanol–water partition coefficient (Wildman–Crippen LogP) is 3.93. The van der Waals surface area contributed by atoms with E-state index in [1.165, 1.54) is 0 Å². The number of aromatic nitrogens is 2. The third-order valence-electron chi connectivity index (χ3n) is 3.65. The van der Waals surface area contributed by atoms with E-state index in [4.69, 9.17) is 0 Å². The molecule has 1 N–H and O–H groups in total. The van der Waals surface area contributed by atoms with E-state index in [2.05, 4.69) is 9.97 Å². The van der Waals surface area contributed by atoms with Crippen molar-refractivity contribution in [2.45, 2.75) is 6.10 Å². The highest BCUT2D eigenvalue weighted by Gasteiger charge is 2.14. The Balaban J connectivity index is 1.87. The van der Waals surface area contributed by atoms with Gasteiger partial charge in [0.05, 0.1) is 10.2 Å².